The fourth-order valence-electron chi connectivity index (χ4n) is 5.46. The lowest BCUT2D eigenvalue weighted by Gasteiger charge is -2.45. The summed E-state index contributed by atoms with van der Waals surface area (Å²) in [4.78, 5) is 27.1. The van der Waals surface area contributed by atoms with E-state index < -0.39 is 44.1 Å². The third-order valence-corrected chi connectivity index (χ3v) is 13.0. The number of aromatic nitrogens is 2. The average molecular weight is 602 g/mol. The maximum Gasteiger partial charge on any atom is 0.330 e. The van der Waals surface area contributed by atoms with Crippen molar-refractivity contribution in [3.63, 3.8) is 0 Å². The van der Waals surface area contributed by atoms with Gasteiger partial charge in [0.15, 0.2) is 0 Å². The highest BCUT2D eigenvalue weighted by atomic mass is 79.9. The van der Waals surface area contributed by atoms with Crippen LogP contribution in [0.3, 0.4) is 0 Å². The minimum atomic E-state index is -2.94. The molecule has 0 aliphatic carbocycles. The van der Waals surface area contributed by atoms with Crippen LogP contribution in [0.25, 0.3) is 0 Å². The molecule has 0 spiro atoms. The van der Waals surface area contributed by atoms with Crippen molar-refractivity contribution in [1.82, 2.24) is 9.55 Å². The summed E-state index contributed by atoms with van der Waals surface area (Å²) in [5.74, 6) is 0. The van der Waals surface area contributed by atoms with Crippen LogP contribution in [0.1, 0.15) is 51.8 Å². The monoisotopic (exact) mass is 600 g/mol. The van der Waals surface area contributed by atoms with Crippen molar-refractivity contribution in [1.29, 1.82) is 0 Å². The Kier molecular flexibility index (Phi) is 8.94. The first-order valence-electron chi connectivity index (χ1n) is 13.1. The van der Waals surface area contributed by atoms with Gasteiger partial charge in [0.2, 0.25) is 0 Å². The molecule has 4 rings (SSSR count). The molecule has 0 saturated carbocycles. The van der Waals surface area contributed by atoms with Gasteiger partial charge in [-0.2, -0.15) is 0 Å². The number of ether oxygens (including phenoxy) is 1. The molecule has 7 nitrogen and oxygen atoms in total. The van der Waals surface area contributed by atoms with Crippen molar-refractivity contribution in [3.8, 4) is 0 Å². The molecule has 2 aromatic carbocycles. The quantitative estimate of drug-likeness (QED) is 0.289. The maximum atomic E-state index is 12.7. The predicted molar refractivity (Wildman–Crippen MR) is 156 cm³/mol. The highest BCUT2D eigenvalue weighted by Gasteiger charge is 2.54. The second-order valence-corrected chi connectivity index (χ2v) is 16.0. The van der Waals surface area contributed by atoms with E-state index >= 15 is 0 Å². The van der Waals surface area contributed by atoms with Crippen molar-refractivity contribution in [2.45, 2.75) is 76.5 Å². The van der Waals surface area contributed by atoms with Crippen LogP contribution >= 0.6 is 15.9 Å². The second-order valence-electron chi connectivity index (χ2n) is 11.0. The largest absolute Gasteiger partial charge is 0.402 e. The number of hydrogen-bond acceptors (Lipinski definition) is 5. The number of nitrogens with one attached hydrogen (secondary N) is 1. The number of nitrogens with zero attached hydrogens (tertiary/aromatic N) is 1. The molecule has 1 aliphatic rings. The first kappa shape index (κ1) is 28.7. The highest BCUT2D eigenvalue weighted by molar-refractivity contribution is 9.09. The van der Waals surface area contributed by atoms with Crippen LogP contribution in [-0.2, 0) is 9.16 Å². The molecular formula is C29H37BrN2O5Si. The van der Waals surface area contributed by atoms with Gasteiger partial charge in [-0.3, -0.25) is 14.3 Å². The molecular weight excluding hydrogens is 564 g/mol. The Morgan fingerprint density at radius 1 is 1.11 bits per heavy atom. The standard InChI is InChI=1S/C29H37BrN2O5Si/c1-20-19-32(28(35)31-27(20)34)25-18-24(26(36-25)23(33)16-11-17-30)37-38(29(2,3)4,21-12-7-5-8-13-21)22-14-9-6-10-15-22/h5-10,12-15,19,23-26,33H,11,16-18H2,1-4H3,(H,31,34,35)/t23-,24-,25+,26+/m0/s1. The number of alkyl halides is 1. The molecule has 4 atom stereocenters. The number of rotatable bonds is 9. The predicted octanol–water partition coefficient (Wildman–Crippen LogP) is 3.61. The number of H-pyrrole nitrogens is 1. The molecule has 1 aromatic heterocycles. The average Bonchev–Trinajstić information content (AvgIpc) is 3.31. The molecule has 1 aliphatic heterocycles. The van der Waals surface area contributed by atoms with E-state index in [9.17, 15) is 14.7 Å². The van der Waals surface area contributed by atoms with Crippen LogP contribution in [0, 0.1) is 6.92 Å². The zero-order valence-electron chi connectivity index (χ0n) is 22.4. The normalized spacial score (nSPS) is 20.9. The third-order valence-electron chi connectivity index (χ3n) is 7.33. The topological polar surface area (TPSA) is 93.6 Å². The Balaban J connectivity index is 1.83. The van der Waals surface area contributed by atoms with Gasteiger partial charge in [-0.05, 0) is 35.2 Å². The van der Waals surface area contributed by atoms with E-state index in [1.165, 1.54) is 10.8 Å². The molecule has 0 amide bonds. The summed E-state index contributed by atoms with van der Waals surface area (Å²) in [6.07, 6.45) is 0.629. The van der Waals surface area contributed by atoms with Crippen LogP contribution < -0.4 is 21.6 Å². The third kappa shape index (κ3) is 5.67. The summed E-state index contributed by atoms with van der Waals surface area (Å²) in [7, 11) is -2.94. The van der Waals surface area contributed by atoms with E-state index in [1.54, 1.807) is 6.92 Å². The van der Waals surface area contributed by atoms with Gasteiger partial charge in [0.1, 0.15) is 12.3 Å². The van der Waals surface area contributed by atoms with Crippen LogP contribution in [0.4, 0.5) is 0 Å². The zero-order chi connectivity index (χ0) is 27.5. The van der Waals surface area contributed by atoms with E-state index in [4.69, 9.17) is 9.16 Å². The first-order valence-corrected chi connectivity index (χ1v) is 16.1. The number of benzene rings is 2. The molecule has 1 saturated heterocycles. The molecule has 0 radical (unpaired) electrons. The summed E-state index contributed by atoms with van der Waals surface area (Å²) >= 11 is 3.46. The van der Waals surface area contributed by atoms with Crippen molar-refractivity contribution >= 4 is 34.6 Å². The van der Waals surface area contributed by atoms with Gasteiger partial charge in [-0.25, -0.2) is 4.79 Å². The van der Waals surface area contributed by atoms with E-state index in [1.807, 2.05) is 36.4 Å². The van der Waals surface area contributed by atoms with E-state index in [2.05, 4.69) is 66.0 Å². The minimum Gasteiger partial charge on any atom is -0.402 e. The van der Waals surface area contributed by atoms with Gasteiger partial charge in [-0.1, -0.05) is 97.4 Å². The molecule has 0 unspecified atom stereocenters. The van der Waals surface area contributed by atoms with Gasteiger partial charge < -0.3 is 14.3 Å². The first-order chi connectivity index (χ1) is 18.1. The van der Waals surface area contributed by atoms with Crippen molar-refractivity contribution in [2.24, 2.45) is 0 Å². The lowest BCUT2D eigenvalue weighted by atomic mass is 10.0. The molecule has 2 N–H and O–H groups in total. The fraction of sp³-hybridized carbons (Fsp3) is 0.448. The van der Waals surface area contributed by atoms with Gasteiger partial charge in [0.25, 0.3) is 13.9 Å². The Bertz CT molecular complexity index is 1280. The molecule has 3 aromatic rings. The van der Waals surface area contributed by atoms with Crippen LogP contribution in [0.2, 0.25) is 5.04 Å². The summed E-state index contributed by atoms with van der Waals surface area (Å²) in [6, 6.07) is 20.7. The van der Waals surface area contributed by atoms with E-state index in [-0.39, 0.29) is 5.04 Å². The van der Waals surface area contributed by atoms with Gasteiger partial charge in [-0.15, -0.1) is 0 Å². The summed E-state index contributed by atoms with van der Waals surface area (Å²) in [6.45, 7) is 8.28. The fourth-order valence-corrected chi connectivity index (χ4v) is 10.5. The maximum absolute atomic E-state index is 12.7. The van der Waals surface area contributed by atoms with Crippen molar-refractivity contribution in [3.05, 3.63) is 93.3 Å². The Morgan fingerprint density at radius 2 is 1.68 bits per heavy atom. The lowest BCUT2D eigenvalue weighted by Crippen LogP contribution is -2.68. The zero-order valence-corrected chi connectivity index (χ0v) is 25.0. The number of aromatic amines is 1. The minimum absolute atomic E-state index is 0.259. The van der Waals surface area contributed by atoms with Gasteiger partial charge in [0.05, 0.1) is 12.2 Å². The number of aryl methyl sites for hydroxylation is 1. The number of hydrogen-bond donors (Lipinski definition) is 2. The molecule has 0 bridgehead atoms. The molecule has 38 heavy (non-hydrogen) atoms. The van der Waals surface area contributed by atoms with Crippen molar-refractivity contribution in [2.75, 3.05) is 5.33 Å². The summed E-state index contributed by atoms with van der Waals surface area (Å²) < 4.78 is 15.2. The summed E-state index contributed by atoms with van der Waals surface area (Å²) in [5, 5.41) is 14.0. The Hall–Kier alpha value is -2.30. The number of aliphatic hydroxyl groups is 1. The molecule has 1 fully saturated rings. The molecule has 9 heteroatoms. The summed E-state index contributed by atoms with van der Waals surface area (Å²) in [5.41, 5.74) is -0.537. The van der Waals surface area contributed by atoms with Crippen molar-refractivity contribution < 1.29 is 14.3 Å². The molecule has 204 valence electrons. The second kappa shape index (κ2) is 11.8. The molecule has 2 heterocycles. The number of halogens is 1. The van der Waals surface area contributed by atoms with Gasteiger partial charge >= 0.3 is 5.69 Å². The van der Waals surface area contributed by atoms with Gasteiger partial charge in [0, 0.05) is 23.5 Å². The van der Waals surface area contributed by atoms with Crippen LogP contribution in [0.5, 0.6) is 0 Å². The lowest BCUT2D eigenvalue weighted by molar-refractivity contribution is -0.0827. The smallest absolute Gasteiger partial charge is 0.330 e. The number of aliphatic hydroxyl groups excluding tert-OH is 1. The van der Waals surface area contributed by atoms with Crippen LogP contribution in [-0.4, -0.2) is 46.6 Å². The Morgan fingerprint density at radius 3 is 2.21 bits per heavy atom. The SMILES string of the molecule is Cc1cn([C@H]2C[C@H](O[Si](c3ccccc3)(c3ccccc3)C(C)(C)C)[C@@H]([C@@H](O)CCCBr)O2)c(=O)[nH]c1=O. The van der Waals surface area contributed by atoms with E-state index in [0.29, 0.717) is 18.4 Å². The van der Waals surface area contributed by atoms with Crippen LogP contribution in [0.15, 0.2) is 76.4 Å². The van der Waals surface area contributed by atoms with E-state index in [0.717, 1.165) is 22.1 Å². The Labute approximate surface area is 233 Å². The highest BCUT2D eigenvalue weighted by Crippen LogP contribution is 2.42.